The summed E-state index contributed by atoms with van der Waals surface area (Å²) in [5.74, 6) is -0.622. The van der Waals surface area contributed by atoms with E-state index in [4.69, 9.17) is 15.2 Å². The van der Waals surface area contributed by atoms with Gasteiger partial charge in [-0.2, -0.15) is 0 Å². The number of hydrogen-bond acceptors (Lipinski definition) is 5. The normalized spacial score (nSPS) is 15.2. The van der Waals surface area contributed by atoms with E-state index >= 15 is 0 Å². The second-order valence-electron chi connectivity index (χ2n) is 9.03. The van der Waals surface area contributed by atoms with E-state index < -0.39 is 11.9 Å². The quantitative estimate of drug-likeness (QED) is 0.618. The summed E-state index contributed by atoms with van der Waals surface area (Å²) in [6.45, 7) is 8.71. The number of fused-ring (bicyclic) bond motifs is 5. The van der Waals surface area contributed by atoms with E-state index in [1.807, 2.05) is 22.8 Å². The average Bonchev–Trinajstić information content (AvgIpc) is 3.10. The van der Waals surface area contributed by atoms with Gasteiger partial charge < -0.3 is 24.3 Å². The van der Waals surface area contributed by atoms with Crippen molar-refractivity contribution in [3.63, 3.8) is 0 Å². The first kappa shape index (κ1) is 21.7. The molecule has 1 aliphatic heterocycles. The molecule has 1 unspecified atom stereocenters. The van der Waals surface area contributed by atoms with Gasteiger partial charge in [0.15, 0.2) is 12.0 Å². The summed E-state index contributed by atoms with van der Waals surface area (Å²) in [4.78, 5) is 36.4. The van der Waals surface area contributed by atoms with Crippen LogP contribution in [0.4, 0.5) is 0 Å². The Morgan fingerprint density at radius 1 is 1.19 bits per heavy atom. The zero-order valence-corrected chi connectivity index (χ0v) is 18.7. The summed E-state index contributed by atoms with van der Waals surface area (Å²) in [5.41, 5.74) is 7.21. The highest BCUT2D eigenvalue weighted by molar-refractivity contribution is 5.93. The number of esters is 1. The number of primary amides is 1. The number of aromatic nitrogens is 2. The molecule has 2 N–H and O–H groups in total. The molecule has 0 radical (unpaired) electrons. The highest BCUT2D eigenvalue weighted by atomic mass is 16.5. The van der Waals surface area contributed by atoms with Crippen LogP contribution in [0.25, 0.3) is 22.3 Å². The molecule has 8 heteroatoms. The van der Waals surface area contributed by atoms with Crippen molar-refractivity contribution in [1.29, 1.82) is 0 Å². The van der Waals surface area contributed by atoms with Crippen LogP contribution in [0.5, 0.6) is 5.75 Å². The van der Waals surface area contributed by atoms with Crippen LogP contribution in [0, 0.1) is 5.41 Å². The topological polar surface area (TPSA) is 106 Å². The zero-order valence-electron chi connectivity index (χ0n) is 18.7. The summed E-state index contributed by atoms with van der Waals surface area (Å²) in [6.07, 6.45) is 1.62. The van der Waals surface area contributed by atoms with Crippen molar-refractivity contribution in [3.8, 4) is 17.1 Å². The second-order valence-corrected chi connectivity index (χ2v) is 9.03. The molecule has 1 aliphatic rings. The number of ether oxygens (including phenoxy) is 2. The van der Waals surface area contributed by atoms with E-state index in [1.54, 1.807) is 19.2 Å². The summed E-state index contributed by atoms with van der Waals surface area (Å²) in [5, 5.41) is 0.826. The smallest absolute Gasteiger partial charge is 0.343 e. The number of nitrogens with zero attached hydrogens (tertiary/aromatic N) is 2. The van der Waals surface area contributed by atoms with Gasteiger partial charge in [0.25, 0.3) is 5.91 Å². The molecule has 0 saturated carbocycles. The molecule has 3 heterocycles. The summed E-state index contributed by atoms with van der Waals surface area (Å²) in [6, 6.07) is 9.05. The molecule has 1 aromatic carbocycles. The third kappa shape index (κ3) is 3.66. The van der Waals surface area contributed by atoms with Gasteiger partial charge in [-0.3, -0.25) is 9.59 Å². The Balaban J connectivity index is 1.94. The lowest BCUT2D eigenvalue weighted by Gasteiger charge is -2.39. The minimum atomic E-state index is -0.617. The van der Waals surface area contributed by atoms with E-state index in [-0.39, 0.29) is 35.7 Å². The Hall–Kier alpha value is -3.55. The minimum Gasteiger partial charge on any atom is -0.483 e. The van der Waals surface area contributed by atoms with Crippen molar-refractivity contribution in [1.82, 2.24) is 9.13 Å². The van der Waals surface area contributed by atoms with Gasteiger partial charge in [0.2, 0.25) is 0 Å². The minimum absolute atomic E-state index is 0.0235. The van der Waals surface area contributed by atoms with Gasteiger partial charge >= 0.3 is 5.97 Å². The Labute approximate surface area is 185 Å². The molecule has 0 fully saturated rings. The Bertz CT molecular complexity index is 1280. The van der Waals surface area contributed by atoms with Gasteiger partial charge in [-0.05, 0) is 30.5 Å². The maximum absolute atomic E-state index is 12.8. The highest BCUT2D eigenvalue weighted by Crippen LogP contribution is 2.43. The van der Waals surface area contributed by atoms with Crippen molar-refractivity contribution in [2.45, 2.75) is 40.3 Å². The highest BCUT2D eigenvalue weighted by Gasteiger charge is 2.34. The molecular weight excluding hydrogens is 410 g/mol. The van der Waals surface area contributed by atoms with Gasteiger partial charge in [-0.1, -0.05) is 26.8 Å². The van der Waals surface area contributed by atoms with Gasteiger partial charge in [-0.25, -0.2) is 4.79 Å². The largest absolute Gasteiger partial charge is 0.483 e. The van der Waals surface area contributed by atoms with Crippen molar-refractivity contribution in [2.24, 2.45) is 11.1 Å². The van der Waals surface area contributed by atoms with E-state index in [1.165, 1.54) is 6.07 Å². The maximum Gasteiger partial charge on any atom is 0.343 e. The Morgan fingerprint density at radius 2 is 1.94 bits per heavy atom. The molecule has 8 nitrogen and oxygen atoms in total. The summed E-state index contributed by atoms with van der Waals surface area (Å²) >= 11 is 0. The third-order valence-electron chi connectivity index (χ3n) is 5.80. The maximum atomic E-state index is 12.8. The fraction of sp³-hybridized carbons (Fsp3) is 0.375. The average molecular weight is 437 g/mol. The van der Waals surface area contributed by atoms with Crippen molar-refractivity contribution >= 4 is 22.8 Å². The molecule has 0 spiro atoms. The molecule has 4 rings (SSSR count). The first-order chi connectivity index (χ1) is 15.1. The Kier molecular flexibility index (Phi) is 5.32. The Morgan fingerprint density at radius 3 is 2.59 bits per heavy atom. The van der Waals surface area contributed by atoms with Crippen LogP contribution in [0.15, 0.2) is 41.3 Å². The predicted molar refractivity (Wildman–Crippen MR) is 121 cm³/mol. The van der Waals surface area contributed by atoms with E-state index in [0.29, 0.717) is 18.0 Å². The molecular formula is C24H27N3O5. The predicted octanol–water partition coefficient (Wildman–Crippen LogP) is 3.11. The number of carbonyl (C=O) groups excluding carboxylic acids is 2. The molecule has 1 atom stereocenters. The molecule has 168 valence electrons. The summed E-state index contributed by atoms with van der Waals surface area (Å²) < 4.78 is 14.9. The van der Waals surface area contributed by atoms with Crippen molar-refractivity contribution in [2.75, 3.05) is 13.2 Å². The van der Waals surface area contributed by atoms with E-state index in [9.17, 15) is 14.4 Å². The second kappa shape index (κ2) is 7.85. The van der Waals surface area contributed by atoms with Crippen LogP contribution in [-0.2, 0) is 16.1 Å². The van der Waals surface area contributed by atoms with E-state index in [0.717, 1.165) is 16.6 Å². The lowest BCUT2D eigenvalue weighted by Crippen LogP contribution is -2.35. The lowest BCUT2D eigenvalue weighted by atomic mass is 9.85. The number of hydrogen-bond donors (Lipinski definition) is 1. The van der Waals surface area contributed by atoms with Crippen LogP contribution < -0.4 is 15.9 Å². The fourth-order valence-electron chi connectivity index (χ4n) is 4.27. The third-order valence-corrected chi connectivity index (χ3v) is 5.80. The van der Waals surface area contributed by atoms with Crippen LogP contribution in [-0.4, -0.2) is 34.2 Å². The standard InChI is InChI=1S/C24H27N3O5/c1-5-31-23(30)15-11-27-18(10-19(15)28)17-9-14-16(26(17)12-21(27)24(2,3)4)7-6-8-20(14)32-13-22(25)29/h6-11,21H,5,12-13H2,1-4H3,(H2,25,29). The van der Waals surface area contributed by atoms with Gasteiger partial charge in [-0.15, -0.1) is 0 Å². The molecule has 0 saturated heterocycles. The first-order valence-corrected chi connectivity index (χ1v) is 10.6. The van der Waals surface area contributed by atoms with Crippen molar-refractivity contribution in [3.05, 3.63) is 52.3 Å². The van der Waals surface area contributed by atoms with Gasteiger partial charge in [0.1, 0.15) is 11.3 Å². The number of nitrogens with two attached hydrogens (primary N) is 1. The van der Waals surface area contributed by atoms with Crippen molar-refractivity contribution < 1.29 is 19.1 Å². The van der Waals surface area contributed by atoms with Gasteiger partial charge in [0, 0.05) is 24.2 Å². The fourth-order valence-corrected chi connectivity index (χ4v) is 4.27. The summed E-state index contributed by atoms with van der Waals surface area (Å²) in [7, 11) is 0. The molecule has 3 aromatic rings. The monoisotopic (exact) mass is 437 g/mol. The van der Waals surface area contributed by atoms with Gasteiger partial charge in [0.05, 0.1) is 29.6 Å². The molecule has 2 aromatic heterocycles. The zero-order chi connectivity index (χ0) is 23.2. The molecule has 0 aliphatic carbocycles. The number of benzene rings is 1. The lowest BCUT2D eigenvalue weighted by molar-refractivity contribution is -0.119. The molecule has 0 bridgehead atoms. The van der Waals surface area contributed by atoms with Crippen LogP contribution in [0.2, 0.25) is 0 Å². The number of carbonyl (C=O) groups is 2. The number of amides is 1. The number of rotatable bonds is 5. The molecule has 32 heavy (non-hydrogen) atoms. The molecule has 1 amide bonds. The van der Waals surface area contributed by atoms with Crippen LogP contribution in [0.1, 0.15) is 44.1 Å². The van der Waals surface area contributed by atoms with Crippen LogP contribution >= 0.6 is 0 Å². The van der Waals surface area contributed by atoms with E-state index in [2.05, 4.69) is 25.3 Å². The van der Waals surface area contributed by atoms with Crippen LogP contribution in [0.3, 0.4) is 0 Å². The number of pyridine rings is 1. The SMILES string of the molecule is CCOC(=O)c1cn2c(cc1=O)-c1cc3c(OCC(N)=O)cccc3n1CC2C(C)(C)C. The first-order valence-electron chi connectivity index (χ1n) is 10.6.